The van der Waals surface area contributed by atoms with E-state index in [4.69, 9.17) is 11.6 Å². The van der Waals surface area contributed by atoms with Crippen LogP contribution in [0.3, 0.4) is 0 Å². The van der Waals surface area contributed by atoms with Crippen molar-refractivity contribution in [3.63, 3.8) is 0 Å². The fourth-order valence-electron chi connectivity index (χ4n) is 2.16. The predicted molar refractivity (Wildman–Crippen MR) is 96.8 cm³/mol. The van der Waals surface area contributed by atoms with E-state index in [-0.39, 0.29) is 17.2 Å². The number of aryl methyl sites for hydroxylation is 1. The number of para-hydroxylation sites is 1. The molecule has 0 aliphatic carbocycles. The Morgan fingerprint density at radius 1 is 1.04 bits per heavy atom. The third-order valence-corrected chi connectivity index (χ3v) is 6.02. The van der Waals surface area contributed by atoms with Gasteiger partial charge in [-0.25, -0.2) is 13.2 Å². The number of hydrogen-bond acceptors (Lipinski definition) is 5. The third kappa shape index (κ3) is 3.83. The molecule has 0 N–H and O–H groups in total. The zero-order chi connectivity index (χ0) is 18.0. The van der Waals surface area contributed by atoms with Gasteiger partial charge in [-0.3, -0.25) is 0 Å². The molecule has 0 unspecified atom stereocenters. The van der Waals surface area contributed by atoms with Crippen LogP contribution in [-0.4, -0.2) is 34.0 Å². The van der Waals surface area contributed by atoms with Gasteiger partial charge in [0, 0.05) is 4.47 Å². The number of nitrogens with zero attached hydrogens (tertiary/aromatic N) is 4. The van der Waals surface area contributed by atoms with Crippen LogP contribution < -0.4 is 5.69 Å². The quantitative estimate of drug-likeness (QED) is 0.604. The van der Waals surface area contributed by atoms with Crippen LogP contribution in [0.2, 0.25) is 5.02 Å². The molecule has 2 aromatic carbocycles. The molecule has 0 aliphatic rings. The fraction of sp³-hybridized carbons (Fsp3) is 0.133. The van der Waals surface area contributed by atoms with Crippen LogP contribution >= 0.6 is 27.5 Å². The zero-order valence-corrected chi connectivity index (χ0v) is 15.9. The molecule has 0 fully saturated rings. The lowest BCUT2D eigenvalue weighted by Crippen LogP contribution is -2.27. The normalized spacial score (nSPS) is 11.6. The van der Waals surface area contributed by atoms with Gasteiger partial charge < -0.3 is 0 Å². The summed E-state index contributed by atoms with van der Waals surface area (Å²) < 4.78 is 27.5. The van der Waals surface area contributed by atoms with Crippen molar-refractivity contribution in [3.8, 4) is 5.69 Å². The number of benzene rings is 2. The maximum atomic E-state index is 12.4. The Bertz CT molecular complexity index is 1060. The molecular formula is C15H12BrClN4O3S. The van der Waals surface area contributed by atoms with Gasteiger partial charge in [0.1, 0.15) is 0 Å². The highest BCUT2D eigenvalue weighted by Gasteiger charge is 2.17. The van der Waals surface area contributed by atoms with Gasteiger partial charge in [-0.1, -0.05) is 39.7 Å². The smallest absolute Gasteiger partial charge is 0.244 e. The largest absolute Gasteiger partial charge is 0.368 e. The van der Waals surface area contributed by atoms with E-state index in [0.717, 1.165) is 13.8 Å². The van der Waals surface area contributed by atoms with E-state index in [0.29, 0.717) is 10.7 Å². The van der Waals surface area contributed by atoms with Crippen molar-refractivity contribution < 1.29 is 8.42 Å². The van der Waals surface area contributed by atoms with Crippen molar-refractivity contribution in [1.29, 1.82) is 0 Å². The van der Waals surface area contributed by atoms with Gasteiger partial charge in [-0.15, -0.1) is 0 Å². The van der Waals surface area contributed by atoms with E-state index in [1.165, 1.54) is 12.1 Å². The molecule has 10 heteroatoms. The molecule has 0 radical (unpaired) electrons. The molecule has 7 nitrogen and oxygen atoms in total. The van der Waals surface area contributed by atoms with Crippen LogP contribution in [0, 0.1) is 0 Å². The third-order valence-electron chi connectivity index (χ3n) is 3.46. The first-order valence-corrected chi connectivity index (χ1v) is 9.97. The van der Waals surface area contributed by atoms with E-state index >= 15 is 0 Å². The molecule has 25 heavy (non-hydrogen) atoms. The molecule has 1 aromatic heterocycles. The molecule has 0 amide bonds. The summed E-state index contributed by atoms with van der Waals surface area (Å²) in [6, 6.07) is 13.0. The van der Waals surface area contributed by atoms with E-state index in [1.807, 2.05) is 0 Å². The standard InChI is InChI=1S/C15H12BrClN4O3S/c16-11-5-7-12(8-6-11)25(23,24)10-9-20-15(22)21(19-18-20)14-4-2-1-3-13(14)17/h1-8H,9-10H2. The van der Waals surface area contributed by atoms with Crippen molar-refractivity contribution in [2.75, 3.05) is 5.75 Å². The minimum atomic E-state index is -3.54. The minimum Gasteiger partial charge on any atom is -0.244 e. The van der Waals surface area contributed by atoms with Crippen LogP contribution in [0.1, 0.15) is 0 Å². The summed E-state index contributed by atoms with van der Waals surface area (Å²) in [4.78, 5) is 12.5. The first-order chi connectivity index (χ1) is 11.9. The number of halogens is 2. The summed E-state index contributed by atoms with van der Waals surface area (Å²) in [6.07, 6.45) is 0. The molecule has 130 valence electrons. The summed E-state index contributed by atoms with van der Waals surface area (Å²) in [6.45, 7) is -0.109. The number of aromatic nitrogens is 4. The molecule has 1 heterocycles. The van der Waals surface area contributed by atoms with Crippen molar-refractivity contribution in [1.82, 2.24) is 19.8 Å². The van der Waals surface area contributed by atoms with Crippen LogP contribution in [0.25, 0.3) is 5.69 Å². The number of sulfone groups is 1. The topological polar surface area (TPSA) is 86.8 Å². The molecular weight excluding hydrogens is 432 g/mol. The molecule has 0 spiro atoms. The SMILES string of the molecule is O=c1n(CCS(=O)(=O)c2ccc(Br)cc2)nnn1-c1ccccc1Cl. The highest BCUT2D eigenvalue weighted by atomic mass is 79.9. The highest BCUT2D eigenvalue weighted by molar-refractivity contribution is 9.10. The average Bonchev–Trinajstić information content (AvgIpc) is 2.95. The van der Waals surface area contributed by atoms with Crippen molar-refractivity contribution in [2.24, 2.45) is 0 Å². The lowest BCUT2D eigenvalue weighted by Gasteiger charge is -2.04. The van der Waals surface area contributed by atoms with Crippen LogP contribution in [-0.2, 0) is 16.4 Å². The lowest BCUT2D eigenvalue weighted by atomic mass is 10.3. The molecule has 0 saturated heterocycles. The van der Waals surface area contributed by atoms with E-state index in [9.17, 15) is 13.2 Å². The second-order valence-electron chi connectivity index (χ2n) is 5.12. The Balaban J connectivity index is 1.82. The van der Waals surface area contributed by atoms with Crippen LogP contribution in [0.5, 0.6) is 0 Å². The summed E-state index contributed by atoms with van der Waals surface area (Å²) in [5.41, 5.74) is -0.171. The highest BCUT2D eigenvalue weighted by Crippen LogP contribution is 2.17. The average molecular weight is 444 g/mol. The van der Waals surface area contributed by atoms with Gasteiger partial charge in [0.15, 0.2) is 9.84 Å². The summed E-state index contributed by atoms with van der Waals surface area (Å²) in [5, 5.41) is 7.84. The summed E-state index contributed by atoms with van der Waals surface area (Å²) >= 11 is 9.30. The van der Waals surface area contributed by atoms with E-state index in [1.54, 1.807) is 36.4 Å². The van der Waals surface area contributed by atoms with Crippen LogP contribution in [0.15, 0.2) is 62.7 Å². The van der Waals surface area contributed by atoms with Crippen LogP contribution in [0.4, 0.5) is 0 Å². The lowest BCUT2D eigenvalue weighted by molar-refractivity contribution is 0.569. The van der Waals surface area contributed by atoms with Gasteiger partial charge in [-0.2, -0.15) is 9.36 Å². The number of rotatable bonds is 5. The molecule has 3 rings (SSSR count). The zero-order valence-electron chi connectivity index (χ0n) is 12.7. The predicted octanol–water partition coefficient (Wildman–Crippen LogP) is 2.32. The maximum Gasteiger partial charge on any atom is 0.368 e. The first kappa shape index (κ1) is 17.8. The van der Waals surface area contributed by atoms with Crippen molar-refractivity contribution in [2.45, 2.75) is 11.4 Å². The van der Waals surface area contributed by atoms with Crippen molar-refractivity contribution in [3.05, 3.63) is 68.5 Å². The van der Waals surface area contributed by atoms with E-state index in [2.05, 4.69) is 26.4 Å². The Morgan fingerprint density at radius 2 is 1.72 bits per heavy atom. The van der Waals surface area contributed by atoms with Gasteiger partial charge in [0.2, 0.25) is 0 Å². The second kappa shape index (κ2) is 7.11. The Hall–Kier alpha value is -1.97. The monoisotopic (exact) mass is 442 g/mol. The van der Waals surface area contributed by atoms with Gasteiger partial charge >= 0.3 is 5.69 Å². The molecule has 0 bridgehead atoms. The number of hydrogen-bond donors (Lipinski definition) is 0. The maximum absolute atomic E-state index is 12.4. The minimum absolute atomic E-state index is 0.109. The Kier molecular flexibility index (Phi) is 5.07. The van der Waals surface area contributed by atoms with Gasteiger partial charge in [-0.05, 0) is 46.8 Å². The number of tetrazole rings is 1. The van der Waals surface area contributed by atoms with E-state index < -0.39 is 15.5 Å². The molecule has 0 aliphatic heterocycles. The first-order valence-electron chi connectivity index (χ1n) is 7.14. The van der Waals surface area contributed by atoms with Gasteiger partial charge in [0.05, 0.1) is 27.9 Å². The van der Waals surface area contributed by atoms with Gasteiger partial charge in [0.25, 0.3) is 0 Å². The molecule has 3 aromatic rings. The fourth-order valence-corrected chi connectivity index (χ4v) is 3.84. The summed E-state index contributed by atoms with van der Waals surface area (Å²) in [5.74, 6) is -0.268. The molecule has 0 saturated carbocycles. The summed E-state index contributed by atoms with van der Waals surface area (Å²) in [7, 11) is -3.54. The Labute approximate surface area is 156 Å². The molecule has 0 atom stereocenters. The van der Waals surface area contributed by atoms with Crippen molar-refractivity contribution >= 4 is 37.4 Å². The Morgan fingerprint density at radius 3 is 2.40 bits per heavy atom. The second-order valence-corrected chi connectivity index (χ2v) is 8.55.